The van der Waals surface area contributed by atoms with E-state index in [0.717, 1.165) is 24.6 Å². The highest BCUT2D eigenvalue weighted by atomic mass is 32.2. The maximum atomic E-state index is 5.74. The molecular formula is C17H30N2OS. The van der Waals surface area contributed by atoms with Gasteiger partial charge in [-0.2, -0.15) is 11.8 Å². The summed E-state index contributed by atoms with van der Waals surface area (Å²) in [4.78, 5) is 2.47. The summed E-state index contributed by atoms with van der Waals surface area (Å²) in [5, 5.41) is 3.42. The highest BCUT2D eigenvalue weighted by Gasteiger charge is 2.14. The Hall–Kier alpha value is -0.710. The van der Waals surface area contributed by atoms with Crippen LogP contribution >= 0.6 is 11.8 Å². The minimum absolute atomic E-state index is 0.342. The zero-order valence-electron chi connectivity index (χ0n) is 13.9. The van der Waals surface area contributed by atoms with Gasteiger partial charge in [0.25, 0.3) is 0 Å². The summed E-state index contributed by atoms with van der Waals surface area (Å²) in [5.74, 6) is 3.25. The minimum Gasteiger partial charge on any atom is -0.494 e. The first-order chi connectivity index (χ1) is 10.3. The van der Waals surface area contributed by atoms with E-state index in [9.17, 15) is 0 Å². The van der Waals surface area contributed by atoms with Gasteiger partial charge in [0, 0.05) is 29.7 Å². The number of hydrogen-bond donors (Lipinski definition) is 1. The zero-order chi connectivity index (χ0) is 15.5. The molecule has 0 heterocycles. The molecule has 3 nitrogen and oxygen atoms in total. The van der Waals surface area contributed by atoms with Crippen LogP contribution in [0.2, 0.25) is 0 Å². The zero-order valence-corrected chi connectivity index (χ0v) is 14.7. The number of ether oxygens (including phenoxy) is 1. The van der Waals surface area contributed by atoms with Gasteiger partial charge in [0.05, 0.1) is 6.61 Å². The predicted molar refractivity (Wildman–Crippen MR) is 94.5 cm³/mol. The van der Waals surface area contributed by atoms with Gasteiger partial charge >= 0.3 is 0 Å². The van der Waals surface area contributed by atoms with Gasteiger partial charge in [-0.15, -0.1) is 0 Å². The molecule has 0 aliphatic carbocycles. The van der Waals surface area contributed by atoms with E-state index in [4.69, 9.17) is 4.74 Å². The molecule has 0 aromatic heterocycles. The Kier molecular flexibility index (Phi) is 9.55. The molecule has 1 aromatic rings. The van der Waals surface area contributed by atoms with Gasteiger partial charge in [-0.3, -0.25) is 0 Å². The van der Waals surface area contributed by atoms with E-state index in [-0.39, 0.29) is 0 Å². The third-order valence-corrected chi connectivity index (χ3v) is 4.71. The van der Waals surface area contributed by atoms with Crippen molar-refractivity contribution in [2.75, 3.05) is 44.8 Å². The Morgan fingerprint density at radius 3 is 2.52 bits per heavy atom. The van der Waals surface area contributed by atoms with Crippen LogP contribution < -0.4 is 10.1 Å². The van der Waals surface area contributed by atoms with Crippen molar-refractivity contribution in [1.82, 2.24) is 10.2 Å². The summed E-state index contributed by atoms with van der Waals surface area (Å²) in [6.07, 6.45) is 0. The number of nitrogens with zero attached hydrogens (tertiary/aromatic N) is 1. The van der Waals surface area contributed by atoms with Crippen LogP contribution in [-0.2, 0) is 0 Å². The molecule has 21 heavy (non-hydrogen) atoms. The van der Waals surface area contributed by atoms with Gasteiger partial charge in [-0.25, -0.2) is 0 Å². The highest BCUT2D eigenvalue weighted by Crippen LogP contribution is 2.27. The number of hydrogen-bond acceptors (Lipinski definition) is 4. The molecule has 0 fully saturated rings. The van der Waals surface area contributed by atoms with Crippen molar-refractivity contribution < 1.29 is 4.74 Å². The van der Waals surface area contributed by atoms with Crippen molar-refractivity contribution in [1.29, 1.82) is 0 Å². The van der Waals surface area contributed by atoms with Crippen LogP contribution in [0.15, 0.2) is 24.3 Å². The van der Waals surface area contributed by atoms with Gasteiger partial charge in [0.1, 0.15) is 5.75 Å². The third-order valence-electron chi connectivity index (χ3n) is 3.67. The summed E-state index contributed by atoms with van der Waals surface area (Å²) in [6.45, 7) is 10.6. The standard InChI is InChI=1S/C17H30N2OS/c1-5-19(6-2)12-13-21-14-16(18-4)15-10-8-9-11-17(15)20-7-3/h8-11,16,18H,5-7,12-14H2,1-4H3. The molecule has 1 aromatic carbocycles. The molecule has 0 radical (unpaired) electrons. The first-order valence-electron chi connectivity index (χ1n) is 7.95. The van der Waals surface area contributed by atoms with Crippen LogP contribution in [0.3, 0.4) is 0 Å². The Bertz CT molecular complexity index is 383. The Morgan fingerprint density at radius 2 is 1.90 bits per heavy atom. The summed E-state index contributed by atoms with van der Waals surface area (Å²) in [6, 6.07) is 8.69. The lowest BCUT2D eigenvalue weighted by Crippen LogP contribution is -2.26. The third kappa shape index (κ3) is 6.29. The van der Waals surface area contributed by atoms with E-state index >= 15 is 0 Å². The quantitative estimate of drug-likeness (QED) is 0.633. The normalized spacial score (nSPS) is 12.6. The van der Waals surface area contributed by atoms with Crippen LogP contribution in [-0.4, -0.2) is 49.7 Å². The van der Waals surface area contributed by atoms with Gasteiger partial charge in [-0.1, -0.05) is 32.0 Å². The maximum absolute atomic E-state index is 5.74. The highest BCUT2D eigenvalue weighted by molar-refractivity contribution is 7.99. The number of para-hydroxylation sites is 1. The van der Waals surface area contributed by atoms with Crippen LogP contribution in [0.1, 0.15) is 32.4 Å². The fourth-order valence-corrected chi connectivity index (χ4v) is 3.45. The summed E-state index contributed by atoms with van der Waals surface area (Å²) in [7, 11) is 2.03. The van der Waals surface area contributed by atoms with Crippen molar-refractivity contribution >= 4 is 11.8 Å². The number of benzene rings is 1. The molecule has 0 saturated carbocycles. The fourth-order valence-electron chi connectivity index (χ4n) is 2.32. The molecule has 120 valence electrons. The largest absolute Gasteiger partial charge is 0.494 e. The van der Waals surface area contributed by atoms with Gasteiger partial charge in [-0.05, 0) is 33.1 Å². The van der Waals surface area contributed by atoms with Crippen molar-refractivity contribution in [3.8, 4) is 5.75 Å². The van der Waals surface area contributed by atoms with Gasteiger partial charge in [0.15, 0.2) is 0 Å². The SMILES string of the molecule is CCOc1ccccc1C(CSCCN(CC)CC)NC. The minimum atomic E-state index is 0.342. The lowest BCUT2D eigenvalue weighted by Gasteiger charge is -2.21. The summed E-state index contributed by atoms with van der Waals surface area (Å²) >= 11 is 2.01. The number of thioether (sulfide) groups is 1. The average molecular weight is 311 g/mol. The van der Waals surface area contributed by atoms with Crippen LogP contribution in [0.25, 0.3) is 0 Å². The molecule has 0 spiro atoms. The average Bonchev–Trinajstić information content (AvgIpc) is 2.52. The summed E-state index contributed by atoms with van der Waals surface area (Å²) in [5.41, 5.74) is 1.26. The van der Waals surface area contributed by atoms with Crippen LogP contribution in [0, 0.1) is 0 Å². The molecule has 4 heteroatoms. The Labute approximate surface area is 134 Å². The molecule has 0 aliphatic rings. The predicted octanol–water partition coefficient (Wildman–Crippen LogP) is 3.42. The van der Waals surface area contributed by atoms with Crippen molar-refractivity contribution in [3.05, 3.63) is 29.8 Å². The second kappa shape index (κ2) is 10.9. The van der Waals surface area contributed by atoms with Crippen molar-refractivity contribution in [3.63, 3.8) is 0 Å². The number of rotatable bonds is 11. The van der Waals surface area contributed by atoms with Crippen molar-refractivity contribution in [2.24, 2.45) is 0 Å². The smallest absolute Gasteiger partial charge is 0.124 e. The second-order valence-corrected chi connectivity index (χ2v) is 6.06. The van der Waals surface area contributed by atoms with Crippen LogP contribution in [0.4, 0.5) is 0 Å². The van der Waals surface area contributed by atoms with Gasteiger partial charge in [0.2, 0.25) is 0 Å². The molecule has 0 amide bonds. The molecule has 1 atom stereocenters. The topological polar surface area (TPSA) is 24.5 Å². The fraction of sp³-hybridized carbons (Fsp3) is 0.647. The lowest BCUT2D eigenvalue weighted by atomic mass is 10.1. The van der Waals surface area contributed by atoms with E-state index in [1.54, 1.807) is 0 Å². The lowest BCUT2D eigenvalue weighted by molar-refractivity contribution is 0.323. The monoisotopic (exact) mass is 310 g/mol. The first-order valence-corrected chi connectivity index (χ1v) is 9.11. The maximum Gasteiger partial charge on any atom is 0.124 e. The molecule has 0 aliphatic heterocycles. The molecule has 1 unspecified atom stereocenters. The van der Waals surface area contributed by atoms with E-state index in [0.29, 0.717) is 12.6 Å². The van der Waals surface area contributed by atoms with E-state index < -0.39 is 0 Å². The molecule has 1 N–H and O–H groups in total. The van der Waals surface area contributed by atoms with E-state index in [2.05, 4.69) is 42.3 Å². The van der Waals surface area contributed by atoms with Crippen LogP contribution in [0.5, 0.6) is 5.75 Å². The molecule has 0 saturated heterocycles. The summed E-state index contributed by atoms with van der Waals surface area (Å²) < 4.78 is 5.74. The molecule has 0 bridgehead atoms. The number of nitrogens with one attached hydrogen (secondary N) is 1. The first kappa shape index (κ1) is 18.3. The molecule has 1 rings (SSSR count). The Morgan fingerprint density at radius 1 is 1.19 bits per heavy atom. The van der Waals surface area contributed by atoms with E-state index in [1.807, 2.05) is 31.8 Å². The molecular weight excluding hydrogens is 280 g/mol. The van der Waals surface area contributed by atoms with Crippen molar-refractivity contribution in [2.45, 2.75) is 26.8 Å². The second-order valence-electron chi connectivity index (χ2n) is 4.91. The Balaban J connectivity index is 2.51. The van der Waals surface area contributed by atoms with Gasteiger partial charge < -0.3 is 15.0 Å². The van der Waals surface area contributed by atoms with E-state index in [1.165, 1.54) is 17.9 Å².